The Hall–Kier alpha value is -2.21. The summed E-state index contributed by atoms with van der Waals surface area (Å²) in [6.45, 7) is 4.88. The number of sulfonamides is 1. The lowest BCUT2D eigenvalue weighted by Crippen LogP contribution is -2.52. The van der Waals surface area contributed by atoms with Crippen molar-refractivity contribution in [3.63, 3.8) is 0 Å². The van der Waals surface area contributed by atoms with Crippen LogP contribution >= 0.6 is 0 Å². The molecule has 0 aromatic heterocycles. The molecule has 3 atom stereocenters. The van der Waals surface area contributed by atoms with Gasteiger partial charge in [0.05, 0.1) is 12.3 Å². The zero-order valence-corrected chi connectivity index (χ0v) is 19.7. The monoisotopic (exact) mass is 474 g/mol. The van der Waals surface area contributed by atoms with Gasteiger partial charge in [-0.3, -0.25) is 9.59 Å². The number of hydrogen-bond acceptors (Lipinski definition) is 7. The Morgan fingerprint density at radius 1 is 1.22 bits per heavy atom. The molecule has 2 saturated heterocycles. The Morgan fingerprint density at radius 3 is 2.38 bits per heavy atom. The minimum absolute atomic E-state index is 0.0827. The first-order valence-corrected chi connectivity index (χ1v) is 12.8. The second-order valence-electron chi connectivity index (χ2n) is 8.86. The summed E-state index contributed by atoms with van der Waals surface area (Å²) in [4.78, 5) is 48.4. The van der Waals surface area contributed by atoms with Gasteiger partial charge >= 0.3 is 6.09 Å². The first-order valence-electron chi connectivity index (χ1n) is 10.9. The Kier molecular flexibility index (Phi) is 9.44. The quantitative estimate of drug-likeness (QED) is 0.370. The molecule has 0 unspecified atom stereocenters. The van der Waals surface area contributed by atoms with Crippen LogP contribution in [0.3, 0.4) is 0 Å². The number of ether oxygens (including phenoxy) is 1. The highest BCUT2D eigenvalue weighted by Crippen LogP contribution is 2.17. The van der Waals surface area contributed by atoms with Crippen LogP contribution in [0.5, 0.6) is 0 Å². The Bertz CT molecular complexity index is 794. The third-order valence-corrected chi connectivity index (χ3v) is 6.96. The molecule has 0 bridgehead atoms. The molecular weight excluding hydrogens is 440 g/mol. The third kappa shape index (κ3) is 8.05. The molecule has 2 rings (SSSR count). The average Bonchev–Trinajstić information content (AvgIpc) is 3.10. The lowest BCUT2D eigenvalue weighted by molar-refractivity contribution is -0.127. The molecule has 2 fully saturated rings. The minimum atomic E-state index is -3.28. The maximum absolute atomic E-state index is 12.8. The van der Waals surface area contributed by atoms with Crippen LogP contribution in [0.25, 0.3) is 0 Å². The largest absolute Gasteiger partial charge is 0.446 e. The topological polar surface area (TPSA) is 151 Å². The van der Waals surface area contributed by atoms with Crippen LogP contribution in [0.2, 0.25) is 0 Å². The zero-order chi connectivity index (χ0) is 23.9. The van der Waals surface area contributed by atoms with Gasteiger partial charge in [-0.05, 0) is 38.0 Å². The lowest BCUT2D eigenvalue weighted by atomic mass is 9.98. The van der Waals surface area contributed by atoms with Gasteiger partial charge in [0.25, 0.3) is 0 Å². The number of carbonyl (C=O) groups is 4. The summed E-state index contributed by atoms with van der Waals surface area (Å²) in [5.41, 5.74) is 0. The summed E-state index contributed by atoms with van der Waals surface area (Å²) in [5, 5.41) is 7.89. The first-order chi connectivity index (χ1) is 15.0. The zero-order valence-electron chi connectivity index (χ0n) is 18.8. The van der Waals surface area contributed by atoms with Crippen molar-refractivity contribution >= 4 is 34.2 Å². The Labute approximate surface area is 189 Å². The standard InChI is InChI=1S/C20H34N4O7S/c1-13(2)10-17(19(27)22-15(12-25)11-14-4-7-21-18(14)26)23-20(28)31-16-5-8-24(9-6-16)32(3,29)30/h12-17H,4-11H2,1-3H3,(H,21,26)(H,22,27)(H,23,28)/t14-,15-,17-/m0/s1. The number of piperidine rings is 1. The maximum Gasteiger partial charge on any atom is 0.408 e. The van der Waals surface area contributed by atoms with E-state index in [9.17, 15) is 27.6 Å². The van der Waals surface area contributed by atoms with Crippen LogP contribution in [-0.2, 0) is 29.1 Å². The summed E-state index contributed by atoms with van der Waals surface area (Å²) < 4.78 is 29.9. The van der Waals surface area contributed by atoms with Crippen molar-refractivity contribution in [2.75, 3.05) is 25.9 Å². The van der Waals surface area contributed by atoms with Crippen LogP contribution in [0, 0.1) is 11.8 Å². The summed E-state index contributed by atoms with van der Waals surface area (Å²) in [6, 6.07) is -1.73. The van der Waals surface area contributed by atoms with Crippen LogP contribution in [-0.4, -0.2) is 81.0 Å². The first kappa shape index (κ1) is 26.0. The van der Waals surface area contributed by atoms with Crippen LogP contribution in [0.1, 0.15) is 46.0 Å². The van der Waals surface area contributed by atoms with E-state index in [1.54, 1.807) is 0 Å². The Morgan fingerprint density at radius 2 is 1.88 bits per heavy atom. The molecule has 3 N–H and O–H groups in total. The smallest absolute Gasteiger partial charge is 0.408 e. The molecule has 182 valence electrons. The van der Waals surface area contributed by atoms with E-state index in [1.165, 1.54) is 4.31 Å². The molecule has 3 amide bonds. The summed E-state index contributed by atoms with van der Waals surface area (Å²) in [5.74, 6) is -0.893. The van der Waals surface area contributed by atoms with E-state index < -0.39 is 40.2 Å². The van der Waals surface area contributed by atoms with E-state index in [0.29, 0.717) is 38.5 Å². The number of aldehydes is 1. The molecule has 2 heterocycles. The van der Waals surface area contributed by atoms with Crippen LogP contribution < -0.4 is 16.0 Å². The summed E-state index contributed by atoms with van der Waals surface area (Å²) >= 11 is 0. The number of nitrogens with zero attached hydrogens (tertiary/aromatic N) is 1. The fourth-order valence-electron chi connectivity index (χ4n) is 3.92. The molecule has 0 aromatic carbocycles. The highest BCUT2D eigenvalue weighted by molar-refractivity contribution is 7.88. The minimum Gasteiger partial charge on any atom is -0.446 e. The van der Waals surface area contributed by atoms with Crippen molar-refractivity contribution in [3.8, 4) is 0 Å². The van der Waals surface area contributed by atoms with Gasteiger partial charge in [-0.15, -0.1) is 0 Å². The van der Waals surface area contributed by atoms with E-state index in [-0.39, 0.29) is 37.3 Å². The third-order valence-electron chi connectivity index (χ3n) is 5.65. The molecule has 0 spiro atoms. The number of amides is 3. The van der Waals surface area contributed by atoms with E-state index in [0.717, 1.165) is 6.26 Å². The Balaban J connectivity index is 1.89. The van der Waals surface area contributed by atoms with Crippen LogP contribution in [0.4, 0.5) is 4.79 Å². The van der Waals surface area contributed by atoms with E-state index in [2.05, 4.69) is 16.0 Å². The molecule has 12 heteroatoms. The molecule has 0 saturated carbocycles. The van der Waals surface area contributed by atoms with E-state index >= 15 is 0 Å². The van der Waals surface area contributed by atoms with Crippen molar-refractivity contribution < 1.29 is 32.3 Å². The van der Waals surface area contributed by atoms with Crippen molar-refractivity contribution in [3.05, 3.63) is 0 Å². The predicted molar refractivity (Wildman–Crippen MR) is 116 cm³/mol. The lowest BCUT2D eigenvalue weighted by Gasteiger charge is -2.30. The molecule has 0 aromatic rings. The van der Waals surface area contributed by atoms with Gasteiger partial charge in [-0.2, -0.15) is 0 Å². The molecule has 2 aliphatic heterocycles. The van der Waals surface area contributed by atoms with Gasteiger partial charge < -0.3 is 25.5 Å². The van der Waals surface area contributed by atoms with Gasteiger partial charge in [0, 0.05) is 25.6 Å². The number of alkyl carbamates (subject to hydrolysis) is 1. The van der Waals surface area contributed by atoms with E-state index in [1.807, 2.05) is 13.8 Å². The van der Waals surface area contributed by atoms with Gasteiger partial charge in [0.1, 0.15) is 18.4 Å². The second kappa shape index (κ2) is 11.6. The predicted octanol–water partition coefficient (Wildman–Crippen LogP) is -0.239. The fourth-order valence-corrected chi connectivity index (χ4v) is 4.79. The number of carbonyl (C=O) groups excluding carboxylic acids is 4. The molecule has 0 radical (unpaired) electrons. The van der Waals surface area contributed by atoms with Crippen molar-refractivity contribution in [1.29, 1.82) is 0 Å². The molecule has 0 aliphatic carbocycles. The number of rotatable bonds is 10. The molecular formula is C20H34N4O7S. The molecule has 32 heavy (non-hydrogen) atoms. The number of hydrogen-bond donors (Lipinski definition) is 3. The van der Waals surface area contributed by atoms with Crippen molar-refractivity contribution in [1.82, 2.24) is 20.3 Å². The highest BCUT2D eigenvalue weighted by Gasteiger charge is 2.31. The average molecular weight is 475 g/mol. The van der Waals surface area contributed by atoms with Gasteiger partial charge in [0.15, 0.2) is 0 Å². The van der Waals surface area contributed by atoms with Crippen molar-refractivity contribution in [2.45, 2.75) is 64.1 Å². The second-order valence-corrected chi connectivity index (χ2v) is 10.8. The highest BCUT2D eigenvalue weighted by atomic mass is 32.2. The van der Waals surface area contributed by atoms with Gasteiger partial charge in [-0.25, -0.2) is 17.5 Å². The molecule has 11 nitrogen and oxygen atoms in total. The number of nitrogens with one attached hydrogen (secondary N) is 3. The van der Waals surface area contributed by atoms with Crippen molar-refractivity contribution in [2.24, 2.45) is 11.8 Å². The molecule has 2 aliphatic rings. The maximum atomic E-state index is 12.8. The van der Waals surface area contributed by atoms with Gasteiger partial charge in [-0.1, -0.05) is 13.8 Å². The van der Waals surface area contributed by atoms with Gasteiger partial charge in [0.2, 0.25) is 21.8 Å². The summed E-state index contributed by atoms with van der Waals surface area (Å²) in [7, 11) is -3.28. The summed E-state index contributed by atoms with van der Waals surface area (Å²) in [6.07, 6.45) is 2.43. The van der Waals surface area contributed by atoms with Crippen LogP contribution in [0.15, 0.2) is 0 Å². The fraction of sp³-hybridized carbons (Fsp3) is 0.800. The van der Waals surface area contributed by atoms with E-state index in [4.69, 9.17) is 4.74 Å². The SMILES string of the molecule is CC(C)C[C@H](NC(=O)OC1CCN(S(C)(=O)=O)CC1)C(=O)N[C@H](C=O)C[C@@H]1CCNC1=O. The normalized spacial score (nSPS) is 22.1.